The Morgan fingerprint density at radius 1 is 1.09 bits per heavy atom. The van der Waals surface area contributed by atoms with Crippen LogP contribution in [0.5, 0.6) is 17.2 Å². The summed E-state index contributed by atoms with van der Waals surface area (Å²) in [4.78, 5) is 54.6. The second-order valence-electron chi connectivity index (χ2n) is 9.71. The lowest BCUT2D eigenvalue weighted by Crippen LogP contribution is -2.33. The number of esters is 1. The maximum Gasteiger partial charge on any atom is 0.357 e. The van der Waals surface area contributed by atoms with Gasteiger partial charge in [0.15, 0.2) is 22.3 Å². The molecule has 0 saturated heterocycles. The number of rotatable bonds is 10. The average Bonchev–Trinajstić information content (AvgIpc) is 3.33. The minimum Gasteiger partial charge on any atom is -0.493 e. The molecule has 2 aromatic carbocycles. The zero-order valence-corrected chi connectivity index (χ0v) is 25.6. The first kappa shape index (κ1) is 31.3. The average molecular weight is 611 g/mol. The molecule has 13 heteroatoms. The van der Waals surface area contributed by atoms with Crippen LogP contribution in [-0.4, -0.2) is 56.7 Å². The van der Waals surface area contributed by atoms with Crippen LogP contribution < -0.4 is 35.6 Å². The summed E-state index contributed by atoms with van der Waals surface area (Å²) in [6, 6.07) is 5.41. The van der Waals surface area contributed by atoms with Crippen LogP contribution in [0.3, 0.4) is 0 Å². The van der Waals surface area contributed by atoms with E-state index in [4.69, 9.17) is 18.9 Å². The van der Waals surface area contributed by atoms with Gasteiger partial charge in [0.1, 0.15) is 6.04 Å². The van der Waals surface area contributed by atoms with Crippen molar-refractivity contribution in [3.63, 3.8) is 0 Å². The van der Waals surface area contributed by atoms with Gasteiger partial charge in [0.05, 0.1) is 39.7 Å². The lowest BCUT2D eigenvalue weighted by atomic mass is 9.95. The molecule has 2 amide bonds. The zero-order chi connectivity index (χ0) is 31.3. The summed E-state index contributed by atoms with van der Waals surface area (Å²) in [6.07, 6.45) is 1.09. The molecule has 1 aliphatic rings. The third-order valence-corrected chi connectivity index (χ3v) is 7.66. The quantitative estimate of drug-likeness (QED) is 0.288. The predicted molar refractivity (Wildman–Crippen MR) is 162 cm³/mol. The van der Waals surface area contributed by atoms with Crippen LogP contribution in [0.2, 0.25) is 0 Å². The van der Waals surface area contributed by atoms with Gasteiger partial charge in [0.25, 0.3) is 0 Å². The van der Waals surface area contributed by atoms with Gasteiger partial charge in [-0.25, -0.2) is 9.78 Å². The lowest BCUT2D eigenvalue weighted by Gasteiger charge is -2.19. The highest BCUT2D eigenvalue weighted by Gasteiger charge is 2.29. The summed E-state index contributed by atoms with van der Waals surface area (Å²) in [5.41, 5.74) is 2.78. The molecule has 43 heavy (non-hydrogen) atoms. The number of carbonyl (C=O) groups excluding carboxylic acids is 3. The molecule has 1 aromatic heterocycles. The molecular formula is C30H34N4O8S. The smallest absolute Gasteiger partial charge is 0.357 e. The van der Waals surface area contributed by atoms with Crippen LogP contribution in [0, 0.1) is 0 Å². The summed E-state index contributed by atoms with van der Waals surface area (Å²) >= 11 is 1.08. The molecule has 3 aromatic rings. The van der Waals surface area contributed by atoms with E-state index in [1.54, 1.807) is 33.1 Å². The number of benzene rings is 1. The van der Waals surface area contributed by atoms with Gasteiger partial charge in [-0.3, -0.25) is 14.4 Å². The van der Waals surface area contributed by atoms with Gasteiger partial charge in [-0.2, -0.15) is 0 Å². The molecule has 228 valence electrons. The van der Waals surface area contributed by atoms with Crippen molar-refractivity contribution in [3.8, 4) is 28.4 Å². The van der Waals surface area contributed by atoms with Gasteiger partial charge in [-0.05, 0) is 61.6 Å². The van der Waals surface area contributed by atoms with Crippen LogP contribution in [0.25, 0.3) is 11.1 Å². The number of carbonyl (C=O) groups is 3. The number of fused-ring (bicyclic) bond motifs is 3. The Bertz CT molecular complexity index is 1610. The third-order valence-electron chi connectivity index (χ3n) is 6.90. The number of hydrogen-bond donors (Lipinski definition) is 3. The normalized spacial score (nSPS) is 14.2. The standard InChI is InChI=1S/C30H34N4O8S/c1-7-42-29(38)22-14-43-30(33-22)34-28(37)15(2)31-21-11-9-18-19(13-23(21)36)20(32-16(3)35)10-8-17-12-24(39-4)26(40-5)27(41-6)25(17)18/h9,11-15,20H,7-8,10H2,1-6H3,(H,31,36)(H,32,35)(H,33,34,37)/t15-,20+/m1/s1. The van der Waals surface area contributed by atoms with Gasteiger partial charge in [-0.15, -0.1) is 11.3 Å². The lowest BCUT2D eigenvalue weighted by molar-refractivity contribution is -0.119. The van der Waals surface area contributed by atoms with Gasteiger partial charge < -0.3 is 34.9 Å². The fourth-order valence-corrected chi connectivity index (χ4v) is 5.65. The summed E-state index contributed by atoms with van der Waals surface area (Å²) in [5.74, 6) is 0.0627. The third kappa shape index (κ3) is 6.72. The van der Waals surface area contributed by atoms with E-state index in [-0.39, 0.29) is 34.5 Å². The fourth-order valence-electron chi connectivity index (χ4n) is 4.97. The molecule has 0 radical (unpaired) electrons. The number of aryl methyl sites for hydroxylation is 1. The number of hydrogen-bond acceptors (Lipinski definition) is 11. The second kappa shape index (κ2) is 13.6. The van der Waals surface area contributed by atoms with Crippen molar-refractivity contribution >= 4 is 39.9 Å². The van der Waals surface area contributed by atoms with E-state index in [0.29, 0.717) is 41.2 Å². The van der Waals surface area contributed by atoms with Gasteiger partial charge >= 0.3 is 5.97 Å². The van der Waals surface area contributed by atoms with Crippen molar-refractivity contribution in [2.75, 3.05) is 38.6 Å². The van der Waals surface area contributed by atoms with E-state index < -0.39 is 24.0 Å². The van der Waals surface area contributed by atoms with E-state index in [1.807, 2.05) is 6.07 Å². The van der Waals surface area contributed by atoms with Crippen molar-refractivity contribution in [2.24, 2.45) is 0 Å². The Labute approximate surface area is 252 Å². The highest BCUT2D eigenvalue weighted by molar-refractivity contribution is 7.14. The van der Waals surface area contributed by atoms with Gasteiger partial charge in [0.2, 0.25) is 23.0 Å². The monoisotopic (exact) mass is 610 g/mol. The molecule has 0 spiro atoms. The van der Waals surface area contributed by atoms with Crippen LogP contribution in [0.15, 0.2) is 34.4 Å². The maximum atomic E-state index is 13.5. The molecular weight excluding hydrogens is 576 g/mol. The fraction of sp³-hybridized carbons (Fsp3) is 0.367. The van der Waals surface area contributed by atoms with E-state index >= 15 is 0 Å². The van der Waals surface area contributed by atoms with Crippen molar-refractivity contribution in [1.29, 1.82) is 0 Å². The number of nitrogens with zero attached hydrogens (tertiary/aromatic N) is 1. The molecule has 12 nitrogen and oxygen atoms in total. The first-order valence-corrected chi connectivity index (χ1v) is 14.5. The van der Waals surface area contributed by atoms with Crippen LogP contribution >= 0.6 is 11.3 Å². The first-order valence-electron chi connectivity index (χ1n) is 13.6. The molecule has 3 N–H and O–H groups in total. The SMILES string of the molecule is CCOC(=O)c1csc(NC(=O)[C@@H](C)Nc2ccc3c(cc2=O)[C@@H](NC(C)=O)CCc2cc(OC)c(OC)c(OC)c2-3)n1. The molecule has 0 fully saturated rings. The number of methoxy groups -OCH3 is 3. The number of amides is 2. The number of ether oxygens (including phenoxy) is 4. The van der Waals surface area contributed by atoms with E-state index in [0.717, 1.165) is 22.5 Å². The largest absolute Gasteiger partial charge is 0.493 e. The molecule has 1 aliphatic carbocycles. The second-order valence-corrected chi connectivity index (χ2v) is 10.6. The maximum absolute atomic E-state index is 13.5. The Kier molecular flexibility index (Phi) is 9.86. The zero-order valence-electron chi connectivity index (χ0n) is 24.8. The van der Waals surface area contributed by atoms with E-state index in [2.05, 4.69) is 20.9 Å². The molecule has 2 atom stereocenters. The number of anilines is 2. The molecule has 0 saturated carbocycles. The Morgan fingerprint density at radius 2 is 1.84 bits per heavy atom. The number of aromatic nitrogens is 1. The molecule has 0 bridgehead atoms. The number of thiazole rings is 1. The topological polar surface area (TPSA) is 154 Å². The molecule has 4 rings (SSSR count). The summed E-state index contributed by atoms with van der Waals surface area (Å²) < 4.78 is 21.9. The molecule has 0 unspecified atom stereocenters. The Morgan fingerprint density at radius 3 is 2.49 bits per heavy atom. The van der Waals surface area contributed by atoms with Crippen molar-refractivity contribution in [1.82, 2.24) is 10.3 Å². The summed E-state index contributed by atoms with van der Waals surface area (Å²) in [6.45, 7) is 4.93. The molecule has 1 heterocycles. The first-order chi connectivity index (χ1) is 20.6. The molecule has 0 aliphatic heterocycles. The summed E-state index contributed by atoms with van der Waals surface area (Å²) in [7, 11) is 4.59. The minimum absolute atomic E-state index is 0.0971. The van der Waals surface area contributed by atoms with Crippen molar-refractivity contribution in [2.45, 2.75) is 45.7 Å². The predicted octanol–water partition coefficient (Wildman–Crippen LogP) is 3.94. The Balaban J connectivity index is 1.73. The highest BCUT2D eigenvalue weighted by Crippen LogP contribution is 2.50. The van der Waals surface area contributed by atoms with Crippen LogP contribution in [-0.2, 0) is 20.7 Å². The van der Waals surface area contributed by atoms with E-state index in [9.17, 15) is 19.2 Å². The number of nitrogens with one attached hydrogen (secondary N) is 3. The van der Waals surface area contributed by atoms with Gasteiger partial charge in [0, 0.05) is 17.9 Å². The van der Waals surface area contributed by atoms with Crippen LogP contribution in [0.4, 0.5) is 10.8 Å². The summed E-state index contributed by atoms with van der Waals surface area (Å²) in [5, 5.41) is 10.3. The van der Waals surface area contributed by atoms with Crippen molar-refractivity contribution < 1.29 is 33.3 Å². The Hall–Kier alpha value is -4.65. The van der Waals surface area contributed by atoms with Crippen LogP contribution in [0.1, 0.15) is 54.8 Å². The van der Waals surface area contributed by atoms with Gasteiger partial charge in [-0.1, -0.05) is 6.07 Å². The van der Waals surface area contributed by atoms with E-state index in [1.165, 1.54) is 32.6 Å². The van der Waals surface area contributed by atoms with Crippen molar-refractivity contribution in [3.05, 3.63) is 56.7 Å². The minimum atomic E-state index is -0.845. The highest BCUT2D eigenvalue weighted by atomic mass is 32.1.